The first-order chi connectivity index (χ1) is 16.0. The summed E-state index contributed by atoms with van der Waals surface area (Å²) in [7, 11) is 3.42. The van der Waals surface area contributed by atoms with Crippen molar-refractivity contribution in [2.45, 2.75) is 52.0 Å². The van der Waals surface area contributed by atoms with Crippen LogP contribution in [-0.4, -0.2) is 76.1 Å². The van der Waals surface area contributed by atoms with Gasteiger partial charge in [0.1, 0.15) is 0 Å². The van der Waals surface area contributed by atoms with Crippen molar-refractivity contribution in [3.8, 4) is 5.88 Å². The largest absolute Gasteiger partial charge is 0.481 e. The van der Waals surface area contributed by atoms with Crippen LogP contribution in [0.2, 0.25) is 0 Å². The zero-order chi connectivity index (χ0) is 23.3. The Balaban J connectivity index is 1.54. The van der Waals surface area contributed by atoms with Crippen LogP contribution in [0.1, 0.15) is 56.2 Å². The molecule has 182 valence electrons. The molecule has 0 spiro atoms. The maximum absolute atomic E-state index is 6.59. The number of aryl methyl sites for hydroxylation is 1. The third-order valence-corrected chi connectivity index (χ3v) is 7.16. The van der Waals surface area contributed by atoms with Crippen molar-refractivity contribution in [3.63, 3.8) is 0 Å². The lowest BCUT2D eigenvalue weighted by atomic mass is 9.91. The first-order valence-electron chi connectivity index (χ1n) is 12.2. The summed E-state index contributed by atoms with van der Waals surface area (Å²) in [6.45, 7) is 10.4. The molecule has 4 heterocycles. The van der Waals surface area contributed by atoms with Gasteiger partial charge in [-0.25, -0.2) is 9.98 Å². The van der Waals surface area contributed by atoms with E-state index in [1.54, 1.807) is 14.2 Å². The minimum atomic E-state index is 0.0412. The SMILES string of the molecule is COCCN1CCC(C)(COC2=N[C@H](c3cnc(OC)c(C)c3)CCC3=C2CCOCC3)C1. The lowest BCUT2D eigenvalue weighted by molar-refractivity contribution is 0.130. The van der Waals surface area contributed by atoms with Gasteiger partial charge in [-0.3, -0.25) is 0 Å². The van der Waals surface area contributed by atoms with E-state index < -0.39 is 0 Å². The van der Waals surface area contributed by atoms with Crippen molar-refractivity contribution >= 4 is 5.90 Å². The van der Waals surface area contributed by atoms with E-state index in [-0.39, 0.29) is 11.5 Å². The minimum Gasteiger partial charge on any atom is -0.481 e. The van der Waals surface area contributed by atoms with E-state index in [1.807, 2.05) is 13.1 Å². The standard InChI is InChI=1S/C26H39N3O4/c1-19-15-21(16-27-24(19)31-4)23-6-5-20-7-12-32-13-8-22(20)25(28-23)33-18-26(2)9-10-29(17-26)11-14-30-3/h15-16,23H,5-14,17-18H2,1-4H3/t23-,26?/m0/s1. The zero-order valence-electron chi connectivity index (χ0n) is 20.7. The highest BCUT2D eigenvalue weighted by Crippen LogP contribution is 2.36. The molecule has 7 nitrogen and oxygen atoms in total. The Morgan fingerprint density at radius 1 is 1.21 bits per heavy atom. The number of likely N-dealkylation sites (tertiary alicyclic amines) is 1. The molecule has 0 N–H and O–H groups in total. The van der Waals surface area contributed by atoms with E-state index >= 15 is 0 Å². The molecule has 0 radical (unpaired) electrons. The fraction of sp³-hybridized carbons (Fsp3) is 0.692. The van der Waals surface area contributed by atoms with Gasteiger partial charge in [-0.1, -0.05) is 12.5 Å². The second-order valence-electron chi connectivity index (χ2n) is 9.90. The third-order valence-electron chi connectivity index (χ3n) is 7.16. The molecule has 7 heteroatoms. The molecule has 1 saturated heterocycles. The van der Waals surface area contributed by atoms with Crippen molar-refractivity contribution in [1.82, 2.24) is 9.88 Å². The Hall–Kier alpha value is -1.96. The maximum atomic E-state index is 6.59. The molecule has 4 rings (SSSR count). The number of rotatable bonds is 7. The van der Waals surface area contributed by atoms with Crippen LogP contribution in [0.15, 0.2) is 28.4 Å². The summed E-state index contributed by atoms with van der Waals surface area (Å²) in [5.74, 6) is 1.49. The van der Waals surface area contributed by atoms with E-state index in [2.05, 4.69) is 22.9 Å². The molecular formula is C26H39N3O4. The number of pyridine rings is 1. The molecule has 0 amide bonds. The Morgan fingerprint density at radius 2 is 2.06 bits per heavy atom. The highest BCUT2D eigenvalue weighted by molar-refractivity contribution is 5.95. The molecule has 0 bridgehead atoms. The molecule has 2 atom stereocenters. The Morgan fingerprint density at radius 3 is 2.85 bits per heavy atom. The fourth-order valence-electron chi connectivity index (χ4n) is 5.17. The van der Waals surface area contributed by atoms with Crippen LogP contribution in [-0.2, 0) is 14.2 Å². The van der Waals surface area contributed by atoms with Gasteiger partial charge >= 0.3 is 0 Å². The summed E-state index contributed by atoms with van der Waals surface area (Å²) < 4.78 is 23.0. The van der Waals surface area contributed by atoms with Gasteiger partial charge in [-0.2, -0.15) is 0 Å². The smallest absolute Gasteiger partial charge is 0.215 e. The Kier molecular flexibility index (Phi) is 8.04. The highest BCUT2D eigenvalue weighted by Gasteiger charge is 2.35. The normalized spacial score (nSPS) is 26.4. The predicted octanol–water partition coefficient (Wildman–Crippen LogP) is 4.11. The molecule has 1 aromatic rings. The van der Waals surface area contributed by atoms with Crippen molar-refractivity contribution in [2.24, 2.45) is 10.4 Å². The lowest BCUT2D eigenvalue weighted by Gasteiger charge is -2.26. The summed E-state index contributed by atoms with van der Waals surface area (Å²) in [6, 6.07) is 2.20. The predicted molar refractivity (Wildman–Crippen MR) is 129 cm³/mol. The number of aliphatic imine (C=N–C) groups is 1. The number of nitrogens with zero attached hydrogens (tertiary/aromatic N) is 3. The van der Waals surface area contributed by atoms with E-state index in [4.69, 9.17) is 23.9 Å². The number of aromatic nitrogens is 1. The van der Waals surface area contributed by atoms with Crippen molar-refractivity contribution in [1.29, 1.82) is 0 Å². The van der Waals surface area contributed by atoms with Crippen molar-refractivity contribution in [3.05, 3.63) is 34.5 Å². The Bertz CT molecular complexity index is 884. The van der Waals surface area contributed by atoms with E-state index in [0.29, 0.717) is 12.5 Å². The molecule has 1 unspecified atom stereocenters. The van der Waals surface area contributed by atoms with E-state index in [0.717, 1.165) is 88.6 Å². The summed E-state index contributed by atoms with van der Waals surface area (Å²) in [6.07, 6.45) is 6.85. The van der Waals surface area contributed by atoms with Crippen LogP contribution in [0.25, 0.3) is 0 Å². The average molecular weight is 458 g/mol. The first kappa shape index (κ1) is 24.2. The third kappa shape index (κ3) is 5.94. The molecule has 33 heavy (non-hydrogen) atoms. The van der Waals surface area contributed by atoms with Gasteiger partial charge in [0.2, 0.25) is 11.8 Å². The van der Waals surface area contributed by atoms with Crippen LogP contribution in [0.5, 0.6) is 5.88 Å². The quantitative estimate of drug-likeness (QED) is 0.614. The van der Waals surface area contributed by atoms with Gasteiger partial charge in [0, 0.05) is 49.4 Å². The molecule has 3 aliphatic rings. The van der Waals surface area contributed by atoms with Crippen molar-refractivity contribution < 1.29 is 18.9 Å². The van der Waals surface area contributed by atoms with Crippen molar-refractivity contribution in [2.75, 3.05) is 60.3 Å². The molecule has 0 aromatic carbocycles. The minimum absolute atomic E-state index is 0.0412. The summed E-state index contributed by atoms with van der Waals surface area (Å²) in [4.78, 5) is 12.2. The second kappa shape index (κ2) is 11.0. The van der Waals surface area contributed by atoms with Gasteiger partial charge in [0.05, 0.1) is 39.6 Å². The summed E-state index contributed by atoms with van der Waals surface area (Å²) >= 11 is 0. The molecule has 1 aromatic heterocycles. The number of hydrogen-bond donors (Lipinski definition) is 0. The van der Waals surface area contributed by atoms with Gasteiger partial charge < -0.3 is 23.8 Å². The van der Waals surface area contributed by atoms with Crippen LogP contribution >= 0.6 is 0 Å². The Labute approximate surface area is 198 Å². The highest BCUT2D eigenvalue weighted by atomic mass is 16.5. The number of hydrogen-bond acceptors (Lipinski definition) is 7. The van der Waals surface area contributed by atoms with E-state index in [9.17, 15) is 0 Å². The average Bonchev–Trinajstić information content (AvgIpc) is 2.96. The monoisotopic (exact) mass is 457 g/mol. The van der Waals surface area contributed by atoms with Gasteiger partial charge in [0.15, 0.2) is 0 Å². The van der Waals surface area contributed by atoms with Crippen LogP contribution in [0, 0.1) is 12.3 Å². The number of methoxy groups -OCH3 is 2. The maximum Gasteiger partial charge on any atom is 0.215 e. The second-order valence-corrected chi connectivity index (χ2v) is 9.90. The van der Waals surface area contributed by atoms with Gasteiger partial charge in [-0.05, 0) is 50.8 Å². The first-order valence-corrected chi connectivity index (χ1v) is 12.2. The topological polar surface area (TPSA) is 65.4 Å². The molecular weight excluding hydrogens is 418 g/mol. The molecule has 3 aliphatic heterocycles. The fourth-order valence-corrected chi connectivity index (χ4v) is 5.17. The summed E-state index contributed by atoms with van der Waals surface area (Å²) in [5.41, 5.74) is 5.00. The lowest BCUT2D eigenvalue weighted by Crippen LogP contribution is -2.31. The molecule has 0 saturated carbocycles. The van der Waals surface area contributed by atoms with Crippen LogP contribution in [0.4, 0.5) is 0 Å². The molecule has 0 aliphatic carbocycles. The van der Waals surface area contributed by atoms with Gasteiger partial charge in [-0.15, -0.1) is 0 Å². The van der Waals surface area contributed by atoms with Crippen LogP contribution < -0.4 is 4.74 Å². The van der Waals surface area contributed by atoms with E-state index in [1.165, 1.54) is 11.1 Å². The number of ether oxygens (including phenoxy) is 4. The molecule has 1 fully saturated rings. The van der Waals surface area contributed by atoms with Crippen LogP contribution in [0.3, 0.4) is 0 Å². The zero-order valence-corrected chi connectivity index (χ0v) is 20.7. The van der Waals surface area contributed by atoms with Gasteiger partial charge in [0.25, 0.3) is 0 Å². The summed E-state index contributed by atoms with van der Waals surface area (Å²) in [5, 5.41) is 0.